The van der Waals surface area contributed by atoms with Gasteiger partial charge in [-0.05, 0) is 18.2 Å². The number of anilines is 2. The Hall–Kier alpha value is -1.71. The zero-order valence-electron chi connectivity index (χ0n) is 9.99. The Bertz CT molecular complexity index is 351. The van der Waals surface area contributed by atoms with Gasteiger partial charge in [-0.25, -0.2) is 0 Å². The van der Waals surface area contributed by atoms with E-state index in [0.29, 0.717) is 13.0 Å². The lowest BCUT2D eigenvalue weighted by molar-refractivity contribution is -0.140. The van der Waals surface area contributed by atoms with Gasteiger partial charge in [-0.15, -0.1) is 0 Å². The second-order valence-corrected chi connectivity index (χ2v) is 3.70. The first kappa shape index (κ1) is 12.4. The second-order valence-electron chi connectivity index (χ2n) is 3.70. The van der Waals surface area contributed by atoms with Crippen molar-refractivity contribution in [2.24, 2.45) is 0 Å². The van der Waals surface area contributed by atoms with Gasteiger partial charge in [0.25, 0.3) is 0 Å². The number of carbonyl (C=O) groups is 1. The van der Waals surface area contributed by atoms with E-state index >= 15 is 0 Å². The summed E-state index contributed by atoms with van der Waals surface area (Å²) in [6.45, 7) is 0.587. The standard InChI is InChI=1S/C12H18N2O2/c1-14(2)11-6-4-5-10(9-11)13-8-7-12(15)16-3/h4-6,9,13H,7-8H2,1-3H3. The van der Waals surface area contributed by atoms with E-state index in [9.17, 15) is 4.79 Å². The van der Waals surface area contributed by atoms with Crippen LogP contribution in [0.2, 0.25) is 0 Å². The Morgan fingerprint density at radius 1 is 1.44 bits per heavy atom. The van der Waals surface area contributed by atoms with E-state index < -0.39 is 0 Å². The maximum absolute atomic E-state index is 10.9. The minimum Gasteiger partial charge on any atom is -0.469 e. The Labute approximate surface area is 96.2 Å². The van der Waals surface area contributed by atoms with Crippen molar-refractivity contribution in [3.8, 4) is 0 Å². The van der Waals surface area contributed by atoms with Gasteiger partial charge in [0.1, 0.15) is 0 Å². The molecule has 0 saturated heterocycles. The number of hydrogen-bond acceptors (Lipinski definition) is 4. The molecule has 16 heavy (non-hydrogen) atoms. The van der Waals surface area contributed by atoms with Crippen molar-refractivity contribution in [1.82, 2.24) is 0 Å². The SMILES string of the molecule is COC(=O)CCNc1cccc(N(C)C)c1. The molecule has 0 aliphatic heterocycles. The van der Waals surface area contributed by atoms with Crippen LogP contribution in [0.25, 0.3) is 0 Å². The summed E-state index contributed by atoms with van der Waals surface area (Å²) in [5, 5.41) is 3.18. The molecule has 4 heteroatoms. The first-order chi connectivity index (χ1) is 7.63. The fourth-order valence-corrected chi connectivity index (χ4v) is 1.31. The number of benzene rings is 1. The molecule has 0 amide bonds. The molecule has 0 spiro atoms. The Morgan fingerprint density at radius 2 is 2.19 bits per heavy atom. The fourth-order valence-electron chi connectivity index (χ4n) is 1.31. The van der Waals surface area contributed by atoms with E-state index in [1.165, 1.54) is 7.11 Å². The zero-order valence-corrected chi connectivity index (χ0v) is 9.99. The quantitative estimate of drug-likeness (QED) is 0.770. The maximum atomic E-state index is 10.9. The highest BCUT2D eigenvalue weighted by Gasteiger charge is 2.00. The van der Waals surface area contributed by atoms with Crippen molar-refractivity contribution in [3.05, 3.63) is 24.3 Å². The zero-order chi connectivity index (χ0) is 12.0. The van der Waals surface area contributed by atoms with Crippen LogP contribution in [0, 0.1) is 0 Å². The van der Waals surface area contributed by atoms with Crippen molar-refractivity contribution in [1.29, 1.82) is 0 Å². The fraction of sp³-hybridized carbons (Fsp3) is 0.417. The number of rotatable bonds is 5. The van der Waals surface area contributed by atoms with Crippen LogP contribution in [-0.2, 0) is 9.53 Å². The van der Waals surface area contributed by atoms with Crippen molar-refractivity contribution in [2.75, 3.05) is 38.0 Å². The van der Waals surface area contributed by atoms with E-state index in [1.54, 1.807) is 0 Å². The van der Waals surface area contributed by atoms with Crippen molar-refractivity contribution >= 4 is 17.3 Å². The molecule has 0 bridgehead atoms. The largest absolute Gasteiger partial charge is 0.469 e. The highest BCUT2D eigenvalue weighted by Crippen LogP contribution is 2.16. The van der Waals surface area contributed by atoms with E-state index in [2.05, 4.69) is 10.1 Å². The van der Waals surface area contributed by atoms with Gasteiger partial charge in [-0.3, -0.25) is 4.79 Å². The third-order valence-corrected chi connectivity index (χ3v) is 2.25. The normalized spacial score (nSPS) is 9.69. The number of nitrogens with zero attached hydrogens (tertiary/aromatic N) is 1. The summed E-state index contributed by atoms with van der Waals surface area (Å²) in [4.78, 5) is 12.9. The van der Waals surface area contributed by atoms with Gasteiger partial charge in [0.2, 0.25) is 0 Å². The van der Waals surface area contributed by atoms with Crippen LogP contribution in [0.4, 0.5) is 11.4 Å². The lowest BCUT2D eigenvalue weighted by Crippen LogP contribution is -2.11. The molecular weight excluding hydrogens is 204 g/mol. The topological polar surface area (TPSA) is 41.6 Å². The molecule has 0 aliphatic rings. The lowest BCUT2D eigenvalue weighted by atomic mass is 10.2. The molecule has 1 aromatic carbocycles. The Kier molecular flexibility index (Phi) is 4.64. The monoisotopic (exact) mass is 222 g/mol. The molecule has 1 aromatic rings. The van der Waals surface area contributed by atoms with Crippen LogP contribution in [0.5, 0.6) is 0 Å². The molecule has 0 radical (unpaired) electrons. The predicted molar refractivity (Wildman–Crippen MR) is 65.9 cm³/mol. The van der Waals surface area contributed by atoms with Crippen molar-refractivity contribution < 1.29 is 9.53 Å². The first-order valence-electron chi connectivity index (χ1n) is 5.21. The van der Waals surface area contributed by atoms with Crippen molar-refractivity contribution in [3.63, 3.8) is 0 Å². The highest BCUT2D eigenvalue weighted by atomic mass is 16.5. The Balaban J connectivity index is 2.48. The van der Waals surface area contributed by atoms with Crippen LogP contribution in [-0.4, -0.2) is 33.7 Å². The molecule has 1 N–H and O–H groups in total. The molecule has 4 nitrogen and oxygen atoms in total. The summed E-state index contributed by atoms with van der Waals surface area (Å²) >= 11 is 0. The second kappa shape index (κ2) is 6.00. The van der Waals surface area contributed by atoms with Crippen molar-refractivity contribution in [2.45, 2.75) is 6.42 Å². The average Bonchev–Trinajstić information content (AvgIpc) is 2.29. The summed E-state index contributed by atoms with van der Waals surface area (Å²) in [6.07, 6.45) is 0.378. The van der Waals surface area contributed by atoms with Crippen LogP contribution < -0.4 is 10.2 Å². The number of hydrogen-bond donors (Lipinski definition) is 1. The molecule has 0 aliphatic carbocycles. The molecule has 0 atom stereocenters. The van der Waals surface area contributed by atoms with E-state index in [0.717, 1.165) is 11.4 Å². The summed E-state index contributed by atoms with van der Waals surface area (Å²) in [5.74, 6) is -0.198. The number of nitrogens with one attached hydrogen (secondary N) is 1. The number of methoxy groups -OCH3 is 1. The molecule has 88 valence electrons. The van der Waals surface area contributed by atoms with Gasteiger partial charge < -0.3 is 15.0 Å². The van der Waals surface area contributed by atoms with Gasteiger partial charge in [0.15, 0.2) is 0 Å². The van der Waals surface area contributed by atoms with Gasteiger partial charge in [0.05, 0.1) is 13.5 Å². The Morgan fingerprint density at radius 3 is 2.81 bits per heavy atom. The lowest BCUT2D eigenvalue weighted by Gasteiger charge is -2.14. The average molecular weight is 222 g/mol. The van der Waals surface area contributed by atoms with Gasteiger partial charge in [0, 0.05) is 32.0 Å². The summed E-state index contributed by atoms with van der Waals surface area (Å²) in [7, 11) is 5.39. The number of ether oxygens (including phenoxy) is 1. The third-order valence-electron chi connectivity index (χ3n) is 2.25. The molecule has 0 fully saturated rings. The van der Waals surface area contributed by atoms with E-state index in [-0.39, 0.29) is 5.97 Å². The summed E-state index contributed by atoms with van der Waals surface area (Å²) < 4.78 is 4.56. The van der Waals surface area contributed by atoms with Gasteiger partial charge in [-0.2, -0.15) is 0 Å². The molecule has 0 saturated carbocycles. The highest BCUT2D eigenvalue weighted by molar-refractivity contribution is 5.70. The summed E-state index contributed by atoms with van der Waals surface area (Å²) in [6, 6.07) is 8.03. The molecule has 0 heterocycles. The molecule has 1 rings (SSSR count). The minimum atomic E-state index is -0.198. The van der Waals surface area contributed by atoms with Gasteiger partial charge >= 0.3 is 5.97 Å². The van der Waals surface area contributed by atoms with Gasteiger partial charge in [-0.1, -0.05) is 6.07 Å². The first-order valence-corrected chi connectivity index (χ1v) is 5.21. The third kappa shape index (κ3) is 3.81. The van der Waals surface area contributed by atoms with Crippen LogP contribution in [0.3, 0.4) is 0 Å². The van der Waals surface area contributed by atoms with E-state index in [4.69, 9.17) is 0 Å². The smallest absolute Gasteiger partial charge is 0.307 e. The molecule has 0 unspecified atom stereocenters. The molecule has 0 aromatic heterocycles. The number of carbonyl (C=O) groups excluding carboxylic acids is 1. The minimum absolute atomic E-state index is 0.198. The van der Waals surface area contributed by atoms with Crippen LogP contribution in [0.15, 0.2) is 24.3 Å². The number of esters is 1. The van der Waals surface area contributed by atoms with E-state index in [1.807, 2.05) is 43.3 Å². The summed E-state index contributed by atoms with van der Waals surface area (Å²) in [5.41, 5.74) is 2.14. The van der Waals surface area contributed by atoms with Crippen LogP contribution in [0.1, 0.15) is 6.42 Å². The van der Waals surface area contributed by atoms with Crippen LogP contribution >= 0.6 is 0 Å². The predicted octanol–water partition coefficient (Wildman–Crippen LogP) is 1.73. The maximum Gasteiger partial charge on any atom is 0.307 e. The molecular formula is C12H18N2O2.